The molecular formula is C16H14Cl2N6. The van der Waals surface area contributed by atoms with Crippen molar-refractivity contribution in [1.29, 1.82) is 0 Å². The van der Waals surface area contributed by atoms with Crippen molar-refractivity contribution >= 4 is 34.7 Å². The predicted octanol–water partition coefficient (Wildman–Crippen LogP) is 4.11. The first-order chi connectivity index (χ1) is 11.5. The van der Waals surface area contributed by atoms with E-state index in [4.69, 9.17) is 23.2 Å². The van der Waals surface area contributed by atoms with Gasteiger partial charge in [0, 0.05) is 12.3 Å². The van der Waals surface area contributed by atoms with Gasteiger partial charge in [0.05, 0.1) is 22.0 Å². The Balaban J connectivity index is 1.79. The third-order valence-corrected chi connectivity index (χ3v) is 4.01. The fraction of sp³-hybridized carbons (Fsp3) is 0.125. The minimum atomic E-state index is 0.488. The molecule has 8 heteroatoms. The summed E-state index contributed by atoms with van der Waals surface area (Å²) >= 11 is 12.0. The molecule has 0 fully saturated rings. The molecule has 0 atom stereocenters. The number of hydrogen-bond acceptors (Lipinski definition) is 5. The maximum atomic E-state index is 6.03. The van der Waals surface area contributed by atoms with E-state index >= 15 is 0 Å². The molecule has 1 aromatic carbocycles. The lowest BCUT2D eigenvalue weighted by Gasteiger charge is -2.05. The number of nitrogens with zero attached hydrogens (tertiary/aromatic N) is 5. The Hall–Kier alpha value is -2.44. The second-order valence-electron chi connectivity index (χ2n) is 5.16. The van der Waals surface area contributed by atoms with Crippen LogP contribution in [0.4, 0.5) is 5.82 Å². The lowest BCUT2D eigenvalue weighted by molar-refractivity contribution is 0.839. The molecule has 0 aliphatic rings. The Morgan fingerprint density at radius 1 is 1.17 bits per heavy atom. The van der Waals surface area contributed by atoms with E-state index in [-0.39, 0.29) is 0 Å². The minimum Gasteiger partial charge on any atom is -0.261 e. The molecule has 0 aliphatic heterocycles. The van der Waals surface area contributed by atoms with Crippen LogP contribution in [-0.2, 0) is 0 Å². The Labute approximate surface area is 149 Å². The van der Waals surface area contributed by atoms with E-state index in [9.17, 15) is 0 Å². The summed E-state index contributed by atoms with van der Waals surface area (Å²) in [5, 5.41) is 9.54. The zero-order chi connectivity index (χ0) is 17.1. The summed E-state index contributed by atoms with van der Waals surface area (Å²) in [6, 6.07) is 7.12. The first-order valence-corrected chi connectivity index (χ1v) is 7.88. The molecule has 0 aliphatic carbocycles. The third-order valence-electron chi connectivity index (χ3n) is 3.27. The number of aromatic nitrogens is 4. The lowest BCUT2D eigenvalue weighted by Crippen LogP contribution is -2.03. The van der Waals surface area contributed by atoms with Crippen molar-refractivity contribution in [3.8, 4) is 5.82 Å². The summed E-state index contributed by atoms with van der Waals surface area (Å²) in [6.07, 6.45) is 5.11. The highest BCUT2D eigenvalue weighted by molar-refractivity contribution is 6.42. The number of hydrogen-bond donors (Lipinski definition) is 1. The first kappa shape index (κ1) is 16.4. The monoisotopic (exact) mass is 360 g/mol. The number of rotatable bonds is 4. The Bertz CT molecular complexity index is 903. The highest BCUT2D eigenvalue weighted by Gasteiger charge is 2.04. The van der Waals surface area contributed by atoms with Crippen LogP contribution in [0, 0.1) is 6.92 Å². The lowest BCUT2D eigenvalue weighted by atomic mass is 10.1. The van der Waals surface area contributed by atoms with Crippen molar-refractivity contribution in [3.63, 3.8) is 0 Å². The van der Waals surface area contributed by atoms with Crippen molar-refractivity contribution in [2.75, 3.05) is 5.43 Å². The van der Waals surface area contributed by atoms with Gasteiger partial charge < -0.3 is 0 Å². The fourth-order valence-electron chi connectivity index (χ4n) is 2.00. The van der Waals surface area contributed by atoms with Crippen LogP contribution in [0.1, 0.15) is 18.1 Å². The topological polar surface area (TPSA) is 68.0 Å². The summed E-state index contributed by atoms with van der Waals surface area (Å²) in [7, 11) is 0. The van der Waals surface area contributed by atoms with E-state index < -0.39 is 0 Å². The maximum absolute atomic E-state index is 6.03. The van der Waals surface area contributed by atoms with E-state index in [0.717, 1.165) is 16.8 Å². The number of nitrogens with one attached hydrogen (secondary N) is 1. The zero-order valence-corrected chi connectivity index (χ0v) is 14.5. The second kappa shape index (κ2) is 6.98. The van der Waals surface area contributed by atoms with Crippen molar-refractivity contribution in [3.05, 3.63) is 64.2 Å². The first-order valence-electron chi connectivity index (χ1n) is 7.12. The van der Waals surface area contributed by atoms with Gasteiger partial charge in [0.1, 0.15) is 6.33 Å². The van der Waals surface area contributed by atoms with E-state index in [1.54, 1.807) is 29.1 Å². The average Bonchev–Trinajstić information content (AvgIpc) is 3.02. The normalized spacial score (nSPS) is 11.6. The summed E-state index contributed by atoms with van der Waals surface area (Å²) in [5.41, 5.74) is 5.59. The van der Waals surface area contributed by atoms with Crippen LogP contribution in [0.2, 0.25) is 10.0 Å². The smallest absolute Gasteiger partial charge is 0.158 e. The molecule has 0 spiro atoms. The van der Waals surface area contributed by atoms with Crippen LogP contribution >= 0.6 is 23.2 Å². The van der Waals surface area contributed by atoms with Gasteiger partial charge in [0.25, 0.3) is 0 Å². The van der Waals surface area contributed by atoms with Gasteiger partial charge in [-0.3, -0.25) is 5.43 Å². The average molecular weight is 361 g/mol. The molecule has 1 N–H and O–H groups in total. The molecule has 0 amide bonds. The fourth-order valence-corrected chi connectivity index (χ4v) is 2.30. The molecule has 0 saturated carbocycles. The van der Waals surface area contributed by atoms with Gasteiger partial charge in [-0.2, -0.15) is 10.2 Å². The van der Waals surface area contributed by atoms with E-state index in [1.165, 1.54) is 6.33 Å². The van der Waals surface area contributed by atoms with Crippen molar-refractivity contribution in [2.45, 2.75) is 13.8 Å². The molecule has 2 aromatic heterocycles. The molecule has 24 heavy (non-hydrogen) atoms. The molecule has 0 unspecified atom stereocenters. The molecule has 0 bridgehead atoms. The number of aryl methyl sites for hydroxylation is 1. The van der Waals surface area contributed by atoms with Crippen LogP contribution in [-0.4, -0.2) is 25.5 Å². The van der Waals surface area contributed by atoms with Gasteiger partial charge in [-0.25, -0.2) is 14.6 Å². The van der Waals surface area contributed by atoms with Crippen molar-refractivity contribution < 1.29 is 0 Å². The molecule has 0 saturated heterocycles. The Morgan fingerprint density at radius 3 is 2.71 bits per heavy atom. The molecule has 122 valence electrons. The van der Waals surface area contributed by atoms with Crippen LogP contribution in [0.25, 0.3) is 5.82 Å². The van der Waals surface area contributed by atoms with E-state index in [0.29, 0.717) is 21.7 Å². The summed E-state index contributed by atoms with van der Waals surface area (Å²) in [6.45, 7) is 3.83. The molecule has 2 heterocycles. The highest BCUT2D eigenvalue weighted by Crippen LogP contribution is 2.23. The summed E-state index contributed by atoms with van der Waals surface area (Å²) in [4.78, 5) is 8.35. The molecule has 0 radical (unpaired) electrons. The summed E-state index contributed by atoms with van der Waals surface area (Å²) in [5.74, 6) is 1.22. The van der Waals surface area contributed by atoms with Crippen molar-refractivity contribution in [2.24, 2.45) is 5.10 Å². The number of hydrazone groups is 1. The standard InChI is InChI=1S/C16H14Cl2N6/c1-10-7-21-24(8-10)16-6-15(19-9-20-16)23-22-11(2)12-3-4-13(17)14(18)5-12/h3-9H,1-2H3,(H,19,20,23)/b22-11-. The second-order valence-corrected chi connectivity index (χ2v) is 5.98. The Morgan fingerprint density at radius 2 is 2.00 bits per heavy atom. The molecule has 3 aromatic rings. The minimum absolute atomic E-state index is 0.488. The largest absolute Gasteiger partial charge is 0.261 e. The van der Waals surface area contributed by atoms with E-state index in [1.807, 2.05) is 26.1 Å². The van der Waals surface area contributed by atoms with Gasteiger partial charge in [-0.05, 0) is 37.1 Å². The van der Waals surface area contributed by atoms with Crippen LogP contribution < -0.4 is 5.43 Å². The predicted molar refractivity (Wildman–Crippen MR) is 96.2 cm³/mol. The zero-order valence-electron chi connectivity index (χ0n) is 13.0. The SMILES string of the molecule is C/C(=N/Nc1cc(-n2cc(C)cn2)ncn1)c1ccc(Cl)c(Cl)c1. The van der Waals surface area contributed by atoms with Gasteiger partial charge in [-0.1, -0.05) is 29.3 Å². The number of anilines is 1. The third kappa shape index (κ3) is 3.72. The quantitative estimate of drug-likeness (QED) is 0.561. The molecular weight excluding hydrogens is 347 g/mol. The molecule has 3 rings (SSSR count). The van der Waals surface area contributed by atoms with Crippen LogP contribution in [0.3, 0.4) is 0 Å². The highest BCUT2D eigenvalue weighted by atomic mass is 35.5. The van der Waals surface area contributed by atoms with Crippen LogP contribution in [0.5, 0.6) is 0 Å². The van der Waals surface area contributed by atoms with Gasteiger partial charge in [0.2, 0.25) is 0 Å². The Kier molecular flexibility index (Phi) is 4.78. The number of benzene rings is 1. The van der Waals surface area contributed by atoms with Gasteiger partial charge in [0.15, 0.2) is 11.6 Å². The number of halogens is 2. The summed E-state index contributed by atoms with van der Waals surface area (Å²) < 4.78 is 1.68. The van der Waals surface area contributed by atoms with Gasteiger partial charge in [-0.15, -0.1) is 0 Å². The van der Waals surface area contributed by atoms with Gasteiger partial charge >= 0.3 is 0 Å². The molecule has 6 nitrogen and oxygen atoms in total. The van der Waals surface area contributed by atoms with E-state index in [2.05, 4.69) is 25.6 Å². The maximum Gasteiger partial charge on any atom is 0.158 e. The van der Waals surface area contributed by atoms with Crippen LogP contribution in [0.15, 0.2) is 48.1 Å². The van der Waals surface area contributed by atoms with Crippen molar-refractivity contribution in [1.82, 2.24) is 19.7 Å².